The van der Waals surface area contributed by atoms with Crippen molar-refractivity contribution in [2.45, 2.75) is 45.1 Å². The molecule has 1 nitrogen and oxygen atoms in total. The van der Waals surface area contributed by atoms with Crippen LogP contribution in [-0.2, 0) is 6.42 Å². The molecule has 0 bridgehead atoms. The van der Waals surface area contributed by atoms with E-state index in [1.807, 2.05) is 11.3 Å². The van der Waals surface area contributed by atoms with E-state index >= 15 is 0 Å². The molecule has 0 amide bonds. The summed E-state index contributed by atoms with van der Waals surface area (Å²) in [6.45, 7) is 4.39. The Labute approximate surface area is 84.0 Å². The Hall–Kier alpha value is -0.340. The third-order valence-electron chi connectivity index (χ3n) is 2.93. The number of hydrogen-bond donors (Lipinski definition) is 1. The second-order valence-electron chi connectivity index (χ2n) is 4.30. The van der Waals surface area contributed by atoms with Gasteiger partial charge in [0.05, 0.1) is 0 Å². The van der Waals surface area contributed by atoms with Gasteiger partial charge in [0, 0.05) is 15.3 Å². The van der Waals surface area contributed by atoms with Gasteiger partial charge in [0.2, 0.25) is 0 Å². The van der Waals surface area contributed by atoms with Crippen molar-refractivity contribution >= 4 is 11.3 Å². The smallest absolute Gasteiger partial charge is 0.0158 e. The van der Waals surface area contributed by atoms with E-state index in [-0.39, 0.29) is 5.54 Å². The van der Waals surface area contributed by atoms with E-state index in [1.165, 1.54) is 41.0 Å². The molecule has 1 aromatic heterocycles. The SMILES string of the molecule is Cc1cc(CCC2(N)CC2)c(C)s1. The monoisotopic (exact) mass is 195 g/mol. The second kappa shape index (κ2) is 3.10. The molecule has 13 heavy (non-hydrogen) atoms. The van der Waals surface area contributed by atoms with Crippen LogP contribution in [0.15, 0.2) is 6.07 Å². The fourth-order valence-electron chi connectivity index (χ4n) is 1.73. The molecule has 0 spiro atoms. The normalized spacial score (nSPS) is 19.0. The predicted octanol–water partition coefficient (Wildman–Crippen LogP) is 2.79. The summed E-state index contributed by atoms with van der Waals surface area (Å²) in [6.07, 6.45) is 4.81. The molecule has 72 valence electrons. The van der Waals surface area contributed by atoms with Crippen molar-refractivity contribution in [3.8, 4) is 0 Å². The first-order valence-electron chi connectivity index (χ1n) is 4.94. The highest BCUT2D eigenvalue weighted by atomic mass is 32.1. The summed E-state index contributed by atoms with van der Waals surface area (Å²) in [7, 11) is 0. The van der Waals surface area contributed by atoms with Crippen LogP contribution in [0.3, 0.4) is 0 Å². The molecule has 0 unspecified atom stereocenters. The molecule has 0 atom stereocenters. The van der Waals surface area contributed by atoms with Crippen LogP contribution in [0, 0.1) is 13.8 Å². The number of thiophene rings is 1. The van der Waals surface area contributed by atoms with Gasteiger partial charge in [0.1, 0.15) is 0 Å². The quantitative estimate of drug-likeness (QED) is 0.788. The molecule has 2 heteroatoms. The van der Waals surface area contributed by atoms with Gasteiger partial charge >= 0.3 is 0 Å². The van der Waals surface area contributed by atoms with Crippen LogP contribution in [-0.4, -0.2) is 5.54 Å². The van der Waals surface area contributed by atoms with Crippen LogP contribution in [0.2, 0.25) is 0 Å². The Balaban J connectivity index is 1.97. The van der Waals surface area contributed by atoms with Crippen LogP contribution in [0.4, 0.5) is 0 Å². The molecule has 2 rings (SSSR count). The zero-order valence-electron chi connectivity index (χ0n) is 8.39. The van der Waals surface area contributed by atoms with E-state index in [4.69, 9.17) is 5.73 Å². The van der Waals surface area contributed by atoms with Crippen molar-refractivity contribution in [1.82, 2.24) is 0 Å². The van der Waals surface area contributed by atoms with E-state index in [0.29, 0.717) is 0 Å². The van der Waals surface area contributed by atoms with Gasteiger partial charge < -0.3 is 5.73 Å². The Morgan fingerprint density at radius 1 is 1.46 bits per heavy atom. The summed E-state index contributed by atoms with van der Waals surface area (Å²) in [6, 6.07) is 2.31. The van der Waals surface area contributed by atoms with Gasteiger partial charge in [-0.05, 0) is 51.2 Å². The maximum atomic E-state index is 6.05. The minimum atomic E-state index is 0.211. The van der Waals surface area contributed by atoms with Crippen molar-refractivity contribution in [3.63, 3.8) is 0 Å². The Bertz CT molecular complexity index is 310. The Morgan fingerprint density at radius 2 is 2.15 bits per heavy atom. The highest BCUT2D eigenvalue weighted by Gasteiger charge is 2.37. The van der Waals surface area contributed by atoms with Gasteiger partial charge in [0.25, 0.3) is 0 Å². The summed E-state index contributed by atoms with van der Waals surface area (Å²) in [5.41, 5.74) is 7.78. The molecule has 1 fully saturated rings. The highest BCUT2D eigenvalue weighted by molar-refractivity contribution is 7.12. The van der Waals surface area contributed by atoms with Crippen molar-refractivity contribution in [2.24, 2.45) is 5.73 Å². The van der Waals surface area contributed by atoms with E-state index < -0.39 is 0 Å². The van der Waals surface area contributed by atoms with Crippen LogP contribution in [0.1, 0.15) is 34.6 Å². The lowest BCUT2D eigenvalue weighted by molar-refractivity contribution is 0.609. The molecular weight excluding hydrogens is 178 g/mol. The number of nitrogens with two attached hydrogens (primary N) is 1. The predicted molar refractivity (Wildman–Crippen MR) is 58.3 cm³/mol. The molecule has 1 aliphatic rings. The summed E-state index contributed by atoms with van der Waals surface area (Å²) < 4.78 is 0. The number of hydrogen-bond acceptors (Lipinski definition) is 2. The molecule has 1 aliphatic carbocycles. The van der Waals surface area contributed by atoms with Crippen molar-refractivity contribution < 1.29 is 0 Å². The fraction of sp³-hybridized carbons (Fsp3) is 0.636. The first-order valence-corrected chi connectivity index (χ1v) is 5.75. The fourth-order valence-corrected chi connectivity index (χ4v) is 2.70. The average molecular weight is 195 g/mol. The lowest BCUT2D eigenvalue weighted by Gasteiger charge is -2.06. The Kier molecular flexibility index (Phi) is 2.20. The standard InChI is InChI=1S/C11H17NS/c1-8-7-10(9(2)13-8)3-4-11(12)5-6-11/h7H,3-6,12H2,1-2H3. The number of aryl methyl sites for hydroxylation is 3. The first kappa shape index (κ1) is 9.22. The van der Waals surface area contributed by atoms with Crippen molar-refractivity contribution in [2.75, 3.05) is 0 Å². The maximum Gasteiger partial charge on any atom is 0.0158 e. The largest absolute Gasteiger partial charge is 0.325 e. The molecule has 1 aromatic rings. The summed E-state index contributed by atoms with van der Waals surface area (Å²) in [5.74, 6) is 0. The minimum absolute atomic E-state index is 0.211. The van der Waals surface area contributed by atoms with Gasteiger partial charge in [-0.15, -0.1) is 11.3 Å². The summed E-state index contributed by atoms with van der Waals surface area (Å²) in [4.78, 5) is 2.90. The molecule has 1 heterocycles. The first-order chi connectivity index (χ1) is 6.09. The minimum Gasteiger partial charge on any atom is -0.325 e. The third-order valence-corrected chi connectivity index (χ3v) is 3.94. The van der Waals surface area contributed by atoms with Gasteiger partial charge in [-0.1, -0.05) is 0 Å². The van der Waals surface area contributed by atoms with Gasteiger partial charge in [-0.2, -0.15) is 0 Å². The van der Waals surface area contributed by atoms with E-state index in [9.17, 15) is 0 Å². The lowest BCUT2D eigenvalue weighted by atomic mass is 10.1. The zero-order valence-corrected chi connectivity index (χ0v) is 9.21. The molecule has 2 N–H and O–H groups in total. The van der Waals surface area contributed by atoms with E-state index in [0.717, 1.165) is 0 Å². The third kappa shape index (κ3) is 2.12. The van der Waals surface area contributed by atoms with Gasteiger partial charge in [-0.25, -0.2) is 0 Å². The van der Waals surface area contributed by atoms with Crippen LogP contribution >= 0.6 is 11.3 Å². The second-order valence-corrected chi connectivity index (χ2v) is 5.76. The van der Waals surface area contributed by atoms with Crippen LogP contribution < -0.4 is 5.73 Å². The maximum absolute atomic E-state index is 6.05. The summed E-state index contributed by atoms with van der Waals surface area (Å²) >= 11 is 1.90. The topological polar surface area (TPSA) is 26.0 Å². The molecule has 0 aliphatic heterocycles. The van der Waals surface area contributed by atoms with Crippen molar-refractivity contribution in [3.05, 3.63) is 21.4 Å². The molecule has 0 aromatic carbocycles. The average Bonchev–Trinajstić information content (AvgIpc) is 2.69. The van der Waals surface area contributed by atoms with Gasteiger partial charge in [0.15, 0.2) is 0 Å². The van der Waals surface area contributed by atoms with Crippen LogP contribution in [0.5, 0.6) is 0 Å². The molecule has 0 radical (unpaired) electrons. The van der Waals surface area contributed by atoms with E-state index in [2.05, 4.69) is 19.9 Å². The molecule has 1 saturated carbocycles. The molecule has 0 saturated heterocycles. The zero-order chi connectivity index (χ0) is 9.47. The number of rotatable bonds is 3. The highest BCUT2D eigenvalue weighted by Crippen LogP contribution is 2.37. The van der Waals surface area contributed by atoms with Crippen molar-refractivity contribution in [1.29, 1.82) is 0 Å². The Morgan fingerprint density at radius 3 is 2.62 bits per heavy atom. The lowest BCUT2D eigenvalue weighted by Crippen LogP contribution is -2.22. The van der Waals surface area contributed by atoms with E-state index in [1.54, 1.807) is 0 Å². The molecular formula is C11H17NS. The summed E-state index contributed by atoms with van der Waals surface area (Å²) in [5, 5.41) is 0. The van der Waals surface area contributed by atoms with Gasteiger partial charge in [-0.3, -0.25) is 0 Å². The van der Waals surface area contributed by atoms with Crippen LogP contribution in [0.25, 0.3) is 0 Å².